The molecular weight excluding hydrogens is 230 g/mol. The van der Waals surface area contributed by atoms with E-state index >= 15 is 0 Å². The third-order valence-electron chi connectivity index (χ3n) is 3.89. The molecule has 0 aromatic carbocycles. The van der Waals surface area contributed by atoms with Crippen LogP contribution in [0.5, 0.6) is 0 Å². The maximum absolute atomic E-state index is 12.3. The minimum atomic E-state index is 0.309. The maximum atomic E-state index is 12.3. The zero-order valence-corrected chi connectivity index (χ0v) is 10.7. The van der Waals surface area contributed by atoms with E-state index in [0.717, 1.165) is 18.4 Å². The summed E-state index contributed by atoms with van der Waals surface area (Å²) >= 11 is 1.66. The molecule has 2 atom stereocenters. The first-order chi connectivity index (χ1) is 8.24. The van der Waals surface area contributed by atoms with Crippen LogP contribution in [-0.4, -0.2) is 22.9 Å². The van der Waals surface area contributed by atoms with Gasteiger partial charge in [-0.25, -0.2) is 0 Å². The Hall–Kier alpha value is -1.09. The van der Waals surface area contributed by atoms with E-state index in [-0.39, 0.29) is 0 Å². The van der Waals surface area contributed by atoms with Gasteiger partial charge in [-0.05, 0) is 48.1 Å². The number of hydrogen-bond donors (Lipinski definition) is 0. The van der Waals surface area contributed by atoms with Crippen molar-refractivity contribution in [3.63, 3.8) is 0 Å². The lowest BCUT2D eigenvalue weighted by molar-refractivity contribution is -0.134. The highest BCUT2D eigenvalue weighted by Crippen LogP contribution is 2.37. The van der Waals surface area contributed by atoms with Crippen molar-refractivity contribution in [2.45, 2.75) is 44.2 Å². The van der Waals surface area contributed by atoms with Gasteiger partial charge in [-0.15, -0.1) is 0 Å². The van der Waals surface area contributed by atoms with E-state index in [1.54, 1.807) is 11.3 Å². The molecule has 0 radical (unpaired) electrons. The number of carbonyl (C=O) groups excluding carboxylic acids is 1. The van der Waals surface area contributed by atoms with Gasteiger partial charge in [0, 0.05) is 12.1 Å². The Bertz CT molecular complexity index is 421. The first-order valence-electron chi connectivity index (χ1n) is 6.23. The van der Waals surface area contributed by atoms with Gasteiger partial charge in [0.1, 0.15) is 0 Å². The van der Waals surface area contributed by atoms with Gasteiger partial charge in [-0.3, -0.25) is 4.79 Å². The summed E-state index contributed by atoms with van der Waals surface area (Å²) in [4.78, 5) is 14.5. The topological polar surface area (TPSA) is 20.3 Å². The normalized spacial score (nSPS) is 27.5. The number of fused-ring (bicyclic) bond motifs is 2. The Labute approximate surface area is 106 Å². The fourth-order valence-electron chi connectivity index (χ4n) is 3.18. The lowest BCUT2D eigenvalue weighted by Crippen LogP contribution is -2.45. The van der Waals surface area contributed by atoms with E-state index in [9.17, 15) is 4.79 Å². The molecule has 1 aromatic heterocycles. The van der Waals surface area contributed by atoms with Gasteiger partial charge in [0.2, 0.25) is 5.91 Å². The third-order valence-corrected chi connectivity index (χ3v) is 4.62. The first kappa shape index (κ1) is 11.0. The second-order valence-electron chi connectivity index (χ2n) is 5.15. The number of nitrogens with zero attached hydrogens (tertiary/aromatic N) is 1. The van der Waals surface area contributed by atoms with Crippen molar-refractivity contribution in [2.75, 3.05) is 0 Å². The lowest BCUT2D eigenvalue weighted by Gasteiger charge is -2.36. The summed E-state index contributed by atoms with van der Waals surface area (Å²) in [5.74, 6) is 0.309. The van der Waals surface area contributed by atoms with Gasteiger partial charge in [-0.1, -0.05) is 12.2 Å². The highest BCUT2D eigenvalue weighted by Gasteiger charge is 2.40. The molecule has 1 aromatic rings. The molecule has 0 saturated carbocycles. The number of hydrogen-bond acceptors (Lipinski definition) is 2. The second-order valence-corrected chi connectivity index (χ2v) is 5.93. The average Bonchev–Trinajstić information content (AvgIpc) is 2.86. The molecular formula is C14H17NOS. The standard InChI is InChI=1S/C14H17NOS/c1-10-6-12-2-3-13(7-10)15(12)14(16)8-11-4-5-17-9-11/h4-5,9,12-13H,1-3,6-8H2. The number of piperidine rings is 1. The van der Waals surface area contributed by atoms with E-state index in [1.807, 2.05) is 11.4 Å². The van der Waals surface area contributed by atoms with Gasteiger partial charge >= 0.3 is 0 Å². The van der Waals surface area contributed by atoms with Crippen LogP contribution < -0.4 is 0 Å². The summed E-state index contributed by atoms with van der Waals surface area (Å²) < 4.78 is 0. The van der Waals surface area contributed by atoms with Crippen molar-refractivity contribution in [3.8, 4) is 0 Å². The molecule has 2 unspecified atom stereocenters. The zero-order valence-electron chi connectivity index (χ0n) is 9.89. The van der Waals surface area contributed by atoms with Crippen LogP contribution in [0.3, 0.4) is 0 Å². The molecule has 3 rings (SSSR count). The molecule has 0 N–H and O–H groups in total. The van der Waals surface area contributed by atoms with Gasteiger partial charge in [-0.2, -0.15) is 11.3 Å². The van der Waals surface area contributed by atoms with E-state index in [4.69, 9.17) is 0 Å². The molecule has 2 saturated heterocycles. The summed E-state index contributed by atoms with van der Waals surface area (Å²) in [6, 6.07) is 2.92. The predicted octanol–water partition coefficient (Wildman–Crippen LogP) is 3.00. The van der Waals surface area contributed by atoms with Crippen molar-refractivity contribution < 1.29 is 4.79 Å². The van der Waals surface area contributed by atoms with Crippen molar-refractivity contribution in [1.29, 1.82) is 0 Å². The molecule has 0 spiro atoms. The first-order valence-corrected chi connectivity index (χ1v) is 7.17. The SMILES string of the molecule is C=C1CC2CCC(C1)N2C(=O)Cc1ccsc1. The summed E-state index contributed by atoms with van der Waals surface area (Å²) in [6.07, 6.45) is 4.94. The largest absolute Gasteiger partial charge is 0.336 e. The molecule has 2 aliphatic rings. The number of carbonyl (C=O) groups is 1. The van der Waals surface area contributed by atoms with Crippen molar-refractivity contribution in [2.24, 2.45) is 0 Å². The summed E-state index contributed by atoms with van der Waals surface area (Å²) in [5, 5.41) is 4.11. The Morgan fingerprint density at radius 2 is 2.12 bits per heavy atom. The second kappa shape index (κ2) is 4.30. The number of rotatable bonds is 2. The van der Waals surface area contributed by atoms with Crippen LogP contribution in [-0.2, 0) is 11.2 Å². The summed E-state index contributed by atoms with van der Waals surface area (Å²) in [6.45, 7) is 4.09. The minimum Gasteiger partial charge on any atom is -0.336 e. The van der Waals surface area contributed by atoms with Crippen molar-refractivity contribution >= 4 is 17.2 Å². The van der Waals surface area contributed by atoms with Crippen LogP contribution in [0.25, 0.3) is 0 Å². The van der Waals surface area contributed by atoms with Crippen LogP contribution in [0.1, 0.15) is 31.2 Å². The Balaban J connectivity index is 1.72. The predicted molar refractivity (Wildman–Crippen MR) is 70.1 cm³/mol. The highest BCUT2D eigenvalue weighted by atomic mass is 32.1. The molecule has 2 aliphatic heterocycles. The molecule has 0 aliphatic carbocycles. The average molecular weight is 247 g/mol. The zero-order chi connectivity index (χ0) is 11.8. The lowest BCUT2D eigenvalue weighted by atomic mass is 9.97. The van der Waals surface area contributed by atoms with Crippen LogP contribution in [0.15, 0.2) is 29.0 Å². The Morgan fingerprint density at radius 1 is 1.41 bits per heavy atom. The van der Waals surface area contributed by atoms with Crippen LogP contribution >= 0.6 is 11.3 Å². The van der Waals surface area contributed by atoms with E-state index in [1.165, 1.54) is 18.4 Å². The molecule has 2 bridgehead atoms. The van der Waals surface area contributed by atoms with Gasteiger partial charge in [0.25, 0.3) is 0 Å². The molecule has 90 valence electrons. The van der Waals surface area contributed by atoms with Crippen molar-refractivity contribution in [1.82, 2.24) is 4.90 Å². The summed E-state index contributed by atoms with van der Waals surface area (Å²) in [5.41, 5.74) is 2.49. The maximum Gasteiger partial charge on any atom is 0.227 e. The molecule has 17 heavy (non-hydrogen) atoms. The molecule has 3 heteroatoms. The van der Waals surface area contributed by atoms with Crippen LogP contribution in [0, 0.1) is 0 Å². The van der Waals surface area contributed by atoms with E-state index < -0.39 is 0 Å². The minimum absolute atomic E-state index is 0.309. The number of amides is 1. The fourth-order valence-corrected chi connectivity index (χ4v) is 3.85. The van der Waals surface area contributed by atoms with E-state index in [2.05, 4.69) is 16.9 Å². The van der Waals surface area contributed by atoms with Crippen molar-refractivity contribution in [3.05, 3.63) is 34.5 Å². The monoisotopic (exact) mass is 247 g/mol. The molecule has 3 heterocycles. The highest BCUT2D eigenvalue weighted by molar-refractivity contribution is 7.07. The van der Waals surface area contributed by atoms with Gasteiger partial charge in [0.15, 0.2) is 0 Å². The Kier molecular flexibility index (Phi) is 2.79. The fraction of sp³-hybridized carbons (Fsp3) is 0.500. The van der Waals surface area contributed by atoms with Gasteiger partial charge < -0.3 is 4.90 Å². The Morgan fingerprint density at radius 3 is 2.71 bits per heavy atom. The van der Waals surface area contributed by atoms with Gasteiger partial charge in [0.05, 0.1) is 6.42 Å². The van der Waals surface area contributed by atoms with Crippen LogP contribution in [0.4, 0.5) is 0 Å². The number of thiophene rings is 1. The quantitative estimate of drug-likeness (QED) is 0.736. The molecule has 1 amide bonds. The molecule has 2 fully saturated rings. The summed E-state index contributed by atoms with van der Waals surface area (Å²) in [7, 11) is 0. The van der Waals surface area contributed by atoms with Crippen LogP contribution in [0.2, 0.25) is 0 Å². The third kappa shape index (κ3) is 2.04. The molecule has 2 nitrogen and oxygen atoms in total. The van der Waals surface area contributed by atoms with E-state index in [0.29, 0.717) is 24.4 Å². The smallest absolute Gasteiger partial charge is 0.227 e.